The monoisotopic (exact) mass is 317 g/mol. The molecule has 1 fully saturated rings. The van der Waals surface area contributed by atoms with Gasteiger partial charge in [0.15, 0.2) is 5.01 Å². The Morgan fingerprint density at radius 1 is 1.23 bits per heavy atom. The summed E-state index contributed by atoms with van der Waals surface area (Å²) in [7, 11) is 1.63. The van der Waals surface area contributed by atoms with Crippen molar-refractivity contribution < 1.29 is 9.53 Å². The molecule has 1 aliphatic rings. The fraction of sp³-hybridized carbons (Fsp3) is 0.438. The van der Waals surface area contributed by atoms with Gasteiger partial charge in [0, 0.05) is 5.92 Å². The summed E-state index contributed by atoms with van der Waals surface area (Å²) in [6.45, 7) is 0. The molecule has 1 aromatic carbocycles. The first-order valence-electron chi connectivity index (χ1n) is 7.55. The Morgan fingerprint density at radius 2 is 2.00 bits per heavy atom. The van der Waals surface area contributed by atoms with Gasteiger partial charge < -0.3 is 10.1 Å². The number of methoxy groups -OCH3 is 1. The highest BCUT2D eigenvalue weighted by Gasteiger charge is 2.22. The van der Waals surface area contributed by atoms with Gasteiger partial charge in [0.25, 0.3) is 0 Å². The summed E-state index contributed by atoms with van der Waals surface area (Å²) in [6, 6.07) is 7.66. The molecule has 0 unspecified atom stereocenters. The van der Waals surface area contributed by atoms with E-state index in [0.29, 0.717) is 5.13 Å². The van der Waals surface area contributed by atoms with Crippen molar-refractivity contribution in [3.63, 3.8) is 0 Å². The van der Waals surface area contributed by atoms with Crippen LogP contribution in [0.5, 0.6) is 5.75 Å². The number of anilines is 1. The average molecular weight is 317 g/mol. The molecule has 0 spiro atoms. The number of ether oxygens (including phenoxy) is 1. The van der Waals surface area contributed by atoms with E-state index in [1.54, 1.807) is 7.11 Å². The Balaban J connectivity index is 1.72. The number of rotatable bonds is 4. The number of amides is 1. The standard InChI is InChI=1S/C16H19N3O2S/c1-21-13-10-6-5-9-12(13)15-18-19-16(22-15)17-14(20)11-7-3-2-4-8-11/h5-6,9-11H,2-4,7-8H2,1H3,(H,17,19,20). The van der Waals surface area contributed by atoms with Gasteiger partial charge in [-0.25, -0.2) is 0 Å². The second-order valence-electron chi connectivity index (χ2n) is 5.44. The molecule has 0 aliphatic heterocycles. The molecule has 0 atom stereocenters. The van der Waals surface area contributed by atoms with Crippen LogP contribution in [-0.4, -0.2) is 23.2 Å². The minimum atomic E-state index is 0.0717. The Kier molecular flexibility index (Phi) is 4.68. The summed E-state index contributed by atoms with van der Waals surface area (Å²) >= 11 is 1.37. The normalized spacial score (nSPS) is 15.5. The molecule has 5 nitrogen and oxygen atoms in total. The largest absolute Gasteiger partial charge is 0.496 e. The van der Waals surface area contributed by atoms with Crippen LogP contribution in [0.4, 0.5) is 5.13 Å². The van der Waals surface area contributed by atoms with E-state index in [-0.39, 0.29) is 11.8 Å². The quantitative estimate of drug-likeness (QED) is 0.933. The zero-order chi connectivity index (χ0) is 15.4. The van der Waals surface area contributed by atoms with Crippen molar-refractivity contribution in [2.75, 3.05) is 12.4 Å². The molecule has 1 saturated carbocycles. The van der Waals surface area contributed by atoms with Gasteiger partial charge in [0.05, 0.1) is 12.7 Å². The van der Waals surface area contributed by atoms with Crippen molar-refractivity contribution in [3.05, 3.63) is 24.3 Å². The van der Waals surface area contributed by atoms with Crippen molar-refractivity contribution in [2.45, 2.75) is 32.1 Å². The van der Waals surface area contributed by atoms with Crippen LogP contribution in [0.1, 0.15) is 32.1 Å². The lowest BCUT2D eigenvalue weighted by atomic mass is 9.89. The lowest BCUT2D eigenvalue weighted by Crippen LogP contribution is -2.24. The van der Waals surface area contributed by atoms with E-state index in [1.165, 1.54) is 17.8 Å². The highest BCUT2D eigenvalue weighted by atomic mass is 32.1. The summed E-state index contributed by atoms with van der Waals surface area (Å²) in [5.41, 5.74) is 0.890. The van der Waals surface area contributed by atoms with Gasteiger partial charge in [0.2, 0.25) is 11.0 Å². The Labute approximate surface area is 133 Å². The van der Waals surface area contributed by atoms with Gasteiger partial charge in [-0.1, -0.05) is 42.7 Å². The molecule has 1 amide bonds. The third kappa shape index (κ3) is 3.27. The van der Waals surface area contributed by atoms with Crippen molar-refractivity contribution >= 4 is 22.4 Å². The van der Waals surface area contributed by atoms with E-state index in [0.717, 1.165) is 42.0 Å². The third-order valence-electron chi connectivity index (χ3n) is 3.97. The first kappa shape index (κ1) is 15.0. The van der Waals surface area contributed by atoms with Gasteiger partial charge in [-0.05, 0) is 25.0 Å². The second-order valence-corrected chi connectivity index (χ2v) is 6.41. The van der Waals surface area contributed by atoms with E-state index >= 15 is 0 Å². The Bertz CT molecular complexity index is 650. The molecule has 116 valence electrons. The average Bonchev–Trinajstić information content (AvgIpc) is 3.04. The summed E-state index contributed by atoms with van der Waals surface area (Å²) in [5.74, 6) is 0.943. The number of para-hydroxylation sites is 1. The zero-order valence-corrected chi connectivity index (χ0v) is 13.4. The molecule has 1 aromatic heterocycles. The van der Waals surface area contributed by atoms with Crippen LogP contribution in [0.2, 0.25) is 0 Å². The fourth-order valence-electron chi connectivity index (χ4n) is 2.78. The predicted octanol–water partition coefficient (Wildman–Crippen LogP) is 3.73. The zero-order valence-electron chi connectivity index (χ0n) is 12.5. The molecule has 1 heterocycles. The van der Waals surface area contributed by atoms with E-state index in [2.05, 4.69) is 15.5 Å². The van der Waals surface area contributed by atoms with Gasteiger partial charge in [0.1, 0.15) is 5.75 Å². The Hall–Kier alpha value is -1.95. The van der Waals surface area contributed by atoms with Crippen LogP contribution >= 0.6 is 11.3 Å². The topological polar surface area (TPSA) is 64.1 Å². The lowest BCUT2D eigenvalue weighted by molar-refractivity contribution is -0.120. The van der Waals surface area contributed by atoms with Gasteiger partial charge in [-0.3, -0.25) is 4.79 Å². The number of carbonyl (C=O) groups is 1. The number of hydrogen-bond donors (Lipinski definition) is 1. The van der Waals surface area contributed by atoms with Crippen LogP contribution in [0.3, 0.4) is 0 Å². The maximum absolute atomic E-state index is 12.2. The molecule has 22 heavy (non-hydrogen) atoms. The van der Waals surface area contributed by atoms with E-state index in [1.807, 2.05) is 24.3 Å². The number of carbonyl (C=O) groups excluding carboxylic acids is 1. The number of aromatic nitrogens is 2. The van der Waals surface area contributed by atoms with Gasteiger partial charge in [-0.15, -0.1) is 10.2 Å². The van der Waals surface area contributed by atoms with E-state index in [4.69, 9.17) is 4.74 Å². The molecule has 3 rings (SSSR count). The van der Waals surface area contributed by atoms with E-state index in [9.17, 15) is 4.79 Å². The van der Waals surface area contributed by atoms with Crippen LogP contribution < -0.4 is 10.1 Å². The van der Waals surface area contributed by atoms with Gasteiger partial charge >= 0.3 is 0 Å². The molecular weight excluding hydrogens is 298 g/mol. The number of nitrogens with zero attached hydrogens (tertiary/aromatic N) is 2. The highest BCUT2D eigenvalue weighted by Crippen LogP contribution is 2.33. The minimum Gasteiger partial charge on any atom is -0.496 e. The molecule has 6 heteroatoms. The van der Waals surface area contributed by atoms with Crippen molar-refractivity contribution in [1.82, 2.24) is 10.2 Å². The van der Waals surface area contributed by atoms with Crippen LogP contribution in [0.15, 0.2) is 24.3 Å². The maximum atomic E-state index is 12.2. The summed E-state index contributed by atoms with van der Waals surface area (Å²) in [5, 5.41) is 12.5. The predicted molar refractivity (Wildman–Crippen MR) is 87.1 cm³/mol. The van der Waals surface area contributed by atoms with Crippen LogP contribution in [-0.2, 0) is 4.79 Å². The van der Waals surface area contributed by atoms with Crippen LogP contribution in [0.25, 0.3) is 10.6 Å². The second kappa shape index (κ2) is 6.87. The first-order chi connectivity index (χ1) is 10.8. The molecule has 1 N–H and O–H groups in total. The molecule has 0 saturated heterocycles. The number of nitrogens with one attached hydrogen (secondary N) is 1. The lowest BCUT2D eigenvalue weighted by Gasteiger charge is -2.19. The molecule has 0 radical (unpaired) electrons. The van der Waals surface area contributed by atoms with E-state index < -0.39 is 0 Å². The van der Waals surface area contributed by atoms with Gasteiger partial charge in [-0.2, -0.15) is 0 Å². The number of benzene rings is 1. The number of hydrogen-bond acceptors (Lipinski definition) is 5. The fourth-order valence-corrected chi connectivity index (χ4v) is 3.55. The maximum Gasteiger partial charge on any atom is 0.229 e. The van der Waals surface area contributed by atoms with Crippen molar-refractivity contribution in [2.24, 2.45) is 5.92 Å². The smallest absolute Gasteiger partial charge is 0.229 e. The van der Waals surface area contributed by atoms with Crippen molar-refractivity contribution in [1.29, 1.82) is 0 Å². The molecule has 2 aromatic rings. The summed E-state index contributed by atoms with van der Waals surface area (Å²) < 4.78 is 5.34. The summed E-state index contributed by atoms with van der Waals surface area (Å²) in [4.78, 5) is 12.2. The minimum absolute atomic E-state index is 0.0717. The Morgan fingerprint density at radius 3 is 2.77 bits per heavy atom. The first-order valence-corrected chi connectivity index (χ1v) is 8.37. The molecule has 1 aliphatic carbocycles. The van der Waals surface area contributed by atoms with Crippen LogP contribution in [0, 0.1) is 5.92 Å². The molecule has 0 bridgehead atoms. The third-order valence-corrected chi connectivity index (χ3v) is 4.84. The molecular formula is C16H19N3O2S. The SMILES string of the molecule is COc1ccccc1-c1nnc(NC(=O)C2CCCCC2)s1. The summed E-state index contributed by atoms with van der Waals surface area (Å²) in [6.07, 6.45) is 5.47. The van der Waals surface area contributed by atoms with Crippen molar-refractivity contribution in [3.8, 4) is 16.3 Å². The highest BCUT2D eigenvalue weighted by molar-refractivity contribution is 7.18.